The zero-order chi connectivity index (χ0) is 43.0. The van der Waals surface area contributed by atoms with E-state index in [0.717, 1.165) is 38.5 Å². The summed E-state index contributed by atoms with van der Waals surface area (Å²) in [5.41, 5.74) is -2.45. The Morgan fingerprint density at radius 1 is 0.379 bits per heavy atom. The summed E-state index contributed by atoms with van der Waals surface area (Å²) >= 11 is 0. The minimum atomic E-state index is -1.22. The number of hydrogen-bond acceptors (Lipinski definition) is 8. The number of hydrogen-bond donors (Lipinski definition) is 2. The van der Waals surface area contributed by atoms with Crippen LogP contribution in [0.25, 0.3) is 0 Å². The Balaban J connectivity index is 3.90. The molecular formula is C48H92N4O6. The quantitative estimate of drug-likeness (QED) is 0.0357. The molecule has 0 aliphatic rings. The van der Waals surface area contributed by atoms with Crippen LogP contribution in [0.3, 0.4) is 0 Å². The fraction of sp³-hybridized carbons (Fsp3) is 0.917. The van der Waals surface area contributed by atoms with Gasteiger partial charge in [-0.2, -0.15) is 10.2 Å². The molecule has 0 atom stereocenters. The molecule has 0 fully saturated rings. The number of ether oxygens (including phenoxy) is 2. The van der Waals surface area contributed by atoms with Gasteiger partial charge in [0.2, 0.25) is 11.8 Å². The first kappa shape index (κ1) is 55.5. The molecule has 0 saturated heterocycles. The second kappa shape index (κ2) is 38.7. The maximum Gasteiger partial charge on any atom is 0.305 e. The van der Waals surface area contributed by atoms with E-state index >= 15 is 0 Å². The Kier molecular flexibility index (Phi) is 37.0. The Labute approximate surface area is 356 Å². The molecule has 58 heavy (non-hydrogen) atoms. The zero-order valence-electron chi connectivity index (χ0n) is 38.8. The summed E-state index contributed by atoms with van der Waals surface area (Å²) in [5.74, 6) is -1.25. The van der Waals surface area contributed by atoms with Crippen LogP contribution in [0.4, 0.5) is 0 Å². The van der Waals surface area contributed by atoms with E-state index in [1.807, 2.05) is 0 Å². The molecule has 0 radical (unpaired) electrons. The monoisotopic (exact) mass is 821 g/mol. The van der Waals surface area contributed by atoms with E-state index in [1.54, 1.807) is 27.7 Å². The van der Waals surface area contributed by atoms with Gasteiger partial charge in [0.05, 0.1) is 13.1 Å². The van der Waals surface area contributed by atoms with Gasteiger partial charge < -0.3 is 20.1 Å². The summed E-state index contributed by atoms with van der Waals surface area (Å²) in [6.45, 7) is 11.5. The first-order chi connectivity index (χ1) is 28.0. The summed E-state index contributed by atoms with van der Waals surface area (Å²) < 4.78 is 10.6. The molecular weight excluding hydrogens is 729 g/mol. The van der Waals surface area contributed by atoms with Gasteiger partial charge in [-0.15, -0.1) is 0 Å². The van der Waals surface area contributed by atoms with Crippen molar-refractivity contribution >= 4 is 23.8 Å². The second-order valence-corrected chi connectivity index (χ2v) is 17.7. The fourth-order valence-corrected chi connectivity index (χ4v) is 6.86. The smallest absolute Gasteiger partial charge is 0.305 e. The molecule has 2 amide bonds. The standard InChI is InChI=1S/C48H92N4O6/c1-7-9-11-13-15-17-19-21-23-25-27-29-31-33-35-37-43(53)57-41-39-49-45(55)47(3,4)51-52-48(5,6)46(56)50-40-42-58-44(54)38-36-34-32-30-28-26-24-22-20-18-16-14-12-10-8-2/h7-42H2,1-6H3,(H,49,55)(H,50,56). The molecule has 0 aromatic heterocycles. The summed E-state index contributed by atoms with van der Waals surface area (Å²) in [6, 6.07) is 0. The van der Waals surface area contributed by atoms with Gasteiger partial charge in [-0.05, 0) is 40.5 Å². The van der Waals surface area contributed by atoms with E-state index in [9.17, 15) is 19.2 Å². The molecule has 0 aliphatic carbocycles. The SMILES string of the molecule is CCCCCCCCCCCCCCCCCC(=O)OCCNC(=O)C(C)(C)N=NC(C)(C)C(=O)NCCOC(=O)CCCCCCCCCCCCCCCCC. The normalized spacial score (nSPS) is 11.9. The van der Waals surface area contributed by atoms with Crippen LogP contribution >= 0.6 is 0 Å². The fourth-order valence-electron chi connectivity index (χ4n) is 6.86. The van der Waals surface area contributed by atoms with Crippen molar-refractivity contribution in [1.82, 2.24) is 10.6 Å². The van der Waals surface area contributed by atoms with Gasteiger partial charge in [0.15, 0.2) is 11.1 Å². The Hall–Kier alpha value is -2.52. The first-order valence-corrected chi connectivity index (χ1v) is 24.3. The second-order valence-electron chi connectivity index (χ2n) is 17.7. The lowest BCUT2D eigenvalue weighted by atomic mass is 10.0. The third kappa shape index (κ3) is 35.4. The van der Waals surface area contributed by atoms with E-state index in [1.165, 1.54) is 154 Å². The maximum atomic E-state index is 12.8. The van der Waals surface area contributed by atoms with Crippen molar-refractivity contribution in [3.05, 3.63) is 0 Å². The highest BCUT2D eigenvalue weighted by Crippen LogP contribution is 2.18. The Morgan fingerprint density at radius 2 is 0.603 bits per heavy atom. The lowest BCUT2D eigenvalue weighted by Crippen LogP contribution is -2.44. The molecule has 0 spiro atoms. The number of esters is 2. The third-order valence-electron chi connectivity index (χ3n) is 10.9. The molecule has 0 saturated carbocycles. The molecule has 340 valence electrons. The van der Waals surface area contributed by atoms with Gasteiger partial charge in [0.1, 0.15) is 13.2 Å². The highest BCUT2D eigenvalue weighted by atomic mass is 16.5. The average Bonchev–Trinajstić information content (AvgIpc) is 3.20. The largest absolute Gasteiger partial charge is 0.464 e. The Bertz CT molecular complexity index is 967. The van der Waals surface area contributed by atoms with Gasteiger partial charge in [-0.3, -0.25) is 19.2 Å². The molecule has 0 unspecified atom stereocenters. The van der Waals surface area contributed by atoms with Crippen LogP contribution in [0.5, 0.6) is 0 Å². The first-order valence-electron chi connectivity index (χ1n) is 24.3. The molecule has 10 nitrogen and oxygen atoms in total. The summed E-state index contributed by atoms with van der Waals surface area (Å²) in [4.78, 5) is 49.8. The van der Waals surface area contributed by atoms with Crippen molar-refractivity contribution < 1.29 is 28.7 Å². The van der Waals surface area contributed by atoms with Crippen LogP contribution in [0.1, 0.15) is 247 Å². The van der Waals surface area contributed by atoms with Gasteiger partial charge in [0, 0.05) is 12.8 Å². The number of rotatable bonds is 42. The predicted molar refractivity (Wildman–Crippen MR) is 240 cm³/mol. The molecule has 2 N–H and O–H groups in total. The zero-order valence-corrected chi connectivity index (χ0v) is 38.8. The number of carbonyl (C=O) groups excluding carboxylic acids is 4. The van der Waals surface area contributed by atoms with E-state index in [0.29, 0.717) is 12.8 Å². The number of nitrogens with zero attached hydrogens (tertiary/aromatic N) is 2. The molecule has 0 heterocycles. The predicted octanol–water partition coefficient (Wildman–Crippen LogP) is 12.8. The van der Waals surface area contributed by atoms with Crippen LogP contribution in [0.2, 0.25) is 0 Å². The van der Waals surface area contributed by atoms with Crippen LogP contribution in [-0.4, -0.2) is 61.1 Å². The van der Waals surface area contributed by atoms with E-state index in [2.05, 4.69) is 34.7 Å². The number of amides is 2. The van der Waals surface area contributed by atoms with Gasteiger partial charge in [-0.25, -0.2) is 0 Å². The molecule has 0 aliphatic heterocycles. The van der Waals surface area contributed by atoms with Crippen LogP contribution in [-0.2, 0) is 28.7 Å². The van der Waals surface area contributed by atoms with Crippen molar-refractivity contribution in [1.29, 1.82) is 0 Å². The molecule has 0 aromatic rings. The summed E-state index contributed by atoms with van der Waals surface area (Å²) in [6.07, 6.45) is 39.1. The lowest BCUT2D eigenvalue weighted by Gasteiger charge is -2.22. The van der Waals surface area contributed by atoms with Gasteiger partial charge in [0.25, 0.3) is 0 Å². The number of nitrogens with one attached hydrogen (secondary N) is 2. The Morgan fingerprint density at radius 3 is 0.845 bits per heavy atom. The van der Waals surface area contributed by atoms with Crippen molar-refractivity contribution in [2.45, 2.75) is 258 Å². The highest BCUT2D eigenvalue weighted by molar-refractivity contribution is 5.86. The van der Waals surface area contributed by atoms with Crippen molar-refractivity contribution in [2.24, 2.45) is 10.2 Å². The van der Waals surface area contributed by atoms with E-state index in [-0.39, 0.29) is 50.1 Å². The highest BCUT2D eigenvalue weighted by Gasteiger charge is 2.32. The van der Waals surface area contributed by atoms with E-state index in [4.69, 9.17) is 9.47 Å². The van der Waals surface area contributed by atoms with Crippen LogP contribution < -0.4 is 10.6 Å². The third-order valence-corrected chi connectivity index (χ3v) is 10.9. The number of azo groups is 1. The van der Waals surface area contributed by atoms with Gasteiger partial charge in [-0.1, -0.05) is 194 Å². The van der Waals surface area contributed by atoms with Gasteiger partial charge >= 0.3 is 11.9 Å². The van der Waals surface area contributed by atoms with Crippen LogP contribution in [0.15, 0.2) is 10.2 Å². The molecule has 0 rings (SSSR count). The summed E-state index contributed by atoms with van der Waals surface area (Å²) in [7, 11) is 0. The van der Waals surface area contributed by atoms with Crippen molar-refractivity contribution in [2.75, 3.05) is 26.3 Å². The number of unbranched alkanes of at least 4 members (excludes halogenated alkanes) is 28. The molecule has 0 aromatic carbocycles. The van der Waals surface area contributed by atoms with Crippen molar-refractivity contribution in [3.63, 3.8) is 0 Å². The number of carbonyl (C=O) groups is 4. The summed E-state index contributed by atoms with van der Waals surface area (Å²) in [5, 5.41) is 13.8. The molecule has 10 heteroatoms. The van der Waals surface area contributed by atoms with E-state index < -0.39 is 11.1 Å². The van der Waals surface area contributed by atoms with Crippen LogP contribution in [0, 0.1) is 0 Å². The topological polar surface area (TPSA) is 136 Å². The van der Waals surface area contributed by atoms with Crippen molar-refractivity contribution in [3.8, 4) is 0 Å². The molecule has 0 bridgehead atoms. The minimum absolute atomic E-state index is 0.0918. The average molecular weight is 821 g/mol. The minimum Gasteiger partial charge on any atom is -0.464 e. The maximum absolute atomic E-state index is 12.8. The lowest BCUT2D eigenvalue weighted by molar-refractivity contribution is -0.144.